The van der Waals surface area contributed by atoms with E-state index in [2.05, 4.69) is 0 Å². The summed E-state index contributed by atoms with van der Waals surface area (Å²) in [5.74, 6) is 0.636. The molecule has 1 unspecified atom stereocenters. The summed E-state index contributed by atoms with van der Waals surface area (Å²) < 4.78 is 10.9. The van der Waals surface area contributed by atoms with E-state index < -0.39 is 0 Å². The van der Waals surface area contributed by atoms with Crippen molar-refractivity contribution in [2.45, 2.75) is 12.5 Å². The van der Waals surface area contributed by atoms with Crippen molar-refractivity contribution >= 4 is 29.1 Å². The lowest BCUT2D eigenvalue weighted by atomic mass is 9.98. The fourth-order valence-electron chi connectivity index (χ4n) is 4.06. The SMILES string of the molecule is COc1ccc(C2=NN(C(=O)CN(C)C(=O)c3ccccc3Cl)C(c3ccccc3)C2)c(OC)c1. The number of carbonyl (C=O) groups is 2. The highest BCUT2D eigenvalue weighted by atomic mass is 35.5. The van der Waals surface area contributed by atoms with Crippen LogP contribution >= 0.6 is 11.6 Å². The Kier molecular flexibility index (Phi) is 7.36. The molecule has 1 heterocycles. The van der Waals surface area contributed by atoms with E-state index in [4.69, 9.17) is 26.2 Å². The third-order valence-electron chi connectivity index (χ3n) is 5.89. The molecule has 180 valence electrons. The van der Waals surface area contributed by atoms with Crippen molar-refractivity contribution in [3.8, 4) is 11.5 Å². The molecule has 0 bridgehead atoms. The first kappa shape index (κ1) is 24.3. The molecular weight excluding hydrogens is 466 g/mol. The number of hydrazone groups is 1. The highest BCUT2D eigenvalue weighted by molar-refractivity contribution is 6.33. The van der Waals surface area contributed by atoms with E-state index in [9.17, 15) is 9.59 Å². The number of amides is 2. The zero-order chi connectivity index (χ0) is 24.9. The molecule has 0 aliphatic carbocycles. The van der Waals surface area contributed by atoms with Gasteiger partial charge in [-0.2, -0.15) is 5.10 Å². The molecule has 1 aliphatic heterocycles. The summed E-state index contributed by atoms with van der Waals surface area (Å²) in [6, 6.07) is 21.7. The number of rotatable bonds is 7. The van der Waals surface area contributed by atoms with Gasteiger partial charge in [-0.15, -0.1) is 0 Å². The van der Waals surface area contributed by atoms with Gasteiger partial charge in [0.15, 0.2) is 0 Å². The van der Waals surface area contributed by atoms with E-state index in [1.165, 1.54) is 9.91 Å². The first-order valence-corrected chi connectivity index (χ1v) is 11.5. The monoisotopic (exact) mass is 491 g/mol. The van der Waals surface area contributed by atoms with Gasteiger partial charge in [0.05, 0.1) is 36.6 Å². The molecule has 35 heavy (non-hydrogen) atoms. The Morgan fingerprint density at radius 1 is 1.03 bits per heavy atom. The van der Waals surface area contributed by atoms with Crippen molar-refractivity contribution in [2.24, 2.45) is 5.10 Å². The number of likely N-dealkylation sites (N-methyl/N-ethyl adjacent to an activating group) is 1. The lowest BCUT2D eigenvalue weighted by Gasteiger charge is -2.25. The second kappa shape index (κ2) is 10.6. The predicted octanol–water partition coefficient (Wildman–Crippen LogP) is 4.81. The number of hydrogen-bond acceptors (Lipinski definition) is 5. The molecule has 7 nitrogen and oxygen atoms in total. The summed E-state index contributed by atoms with van der Waals surface area (Å²) >= 11 is 6.18. The molecule has 2 amide bonds. The van der Waals surface area contributed by atoms with Gasteiger partial charge in [-0.3, -0.25) is 9.59 Å². The van der Waals surface area contributed by atoms with Crippen LogP contribution in [0, 0.1) is 0 Å². The molecule has 3 aromatic carbocycles. The number of halogens is 1. The molecule has 0 saturated heterocycles. The zero-order valence-electron chi connectivity index (χ0n) is 19.8. The van der Waals surface area contributed by atoms with Crippen LogP contribution in [0.1, 0.15) is 33.9 Å². The Bertz CT molecular complexity index is 1260. The van der Waals surface area contributed by atoms with Crippen LogP contribution in [0.15, 0.2) is 77.9 Å². The van der Waals surface area contributed by atoms with Gasteiger partial charge >= 0.3 is 0 Å². The predicted molar refractivity (Wildman–Crippen MR) is 135 cm³/mol. The summed E-state index contributed by atoms with van der Waals surface area (Å²) in [5.41, 5.74) is 2.79. The minimum atomic E-state index is -0.333. The van der Waals surface area contributed by atoms with Crippen LogP contribution in [0.2, 0.25) is 5.02 Å². The minimum Gasteiger partial charge on any atom is -0.497 e. The maximum atomic E-state index is 13.4. The lowest BCUT2D eigenvalue weighted by Crippen LogP contribution is -2.39. The average molecular weight is 492 g/mol. The second-order valence-corrected chi connectivity index (χ2v) is 8.53. The van der Waals surface area contributed by atoms with Crippen LogP contribution in [0.5, 0.6) is 11.5 Å². The van der Waals surface area contributed by atoms with Crippen molar-refractivity contribution in [3.63, 3.8) is 0 Å². The largest absolute Gasteiger partial charge is 0.497 e. The van der Waals surface area contributed by atoms with Crippen molar-refractivity contribution in [1.29, 1.82) is 0 Å². The van der Waals surface area contributed by atoms with E-state index in [-0.39, 0.29) is 24.4 Å². The zero-order valence-corrected chi connectivity index (χ0v) is 20.5. The third kappa shape index (κ3) is 5.15. The number of benzene rings is 3. The highest BCUT2D eigenvalue weighted by Crippen LogP contribution is 2.36. The van der Waals surface area contributed by atoms with Crippen LogP contribution in [-0.4, -0.2) is 55.2 Å². The summed E-state index contributed by atoms with van der Waals surface area (Å²) in [4.78, 5) is 27.7. The van der Waals surface area contributed by atoms with Gasteiger partial charge in [-0.05, 0) is 29.8 Å². The number of methoxy groups -OCH3 is 2. The van der Waals surface area contributed by atoms with Crippen LogP contribution < -0.4 is 9.47 Å². The Morgan fingerprint density at radius 3 is 2.43 bits per heavy atom. The standard InChI is InChI=1S/C27H26ClN3O4/c1-30(27(33)20-11-7-8-12-22(20)28)17-26(32)31-24(18-9-5-4-6-10-18)16-23(29-31)21-14-13-19(34-2)15-25(21)35-3/h4-15,24H,16-17H2,1-3H3. The second-order valence-electron chi connectivity index (χ2n) is 8.12. The van der Waals surface area contributed by atoms with Crippen LogP contribution in [0.3, 0.4) is 0 Å². The van der Waals surface area contributed by atoms with Gasteiger partial charge in [0, 0.05) is 25.1 Å². The van der Waals surface area contributed by atoms with E-state index in [1.54, 1.807) is 51.6 Å². The summed E-state index contributed by atoms with van der Waals surface area (Å²) in [6.45, 7) is -0.149. The first-order valence-electron chi connectivity index (χ1n) is 11.1. The van der Waals surface area contributed by atoms with Gasteiger partial charge in [-0.25, -0.2) is 5.01 Å². The molecule has 1 atom stereocenters. The van der Waals surface area contributed by atoms with E-state index in [0.29, 0.717) is 34.2 Å². The molecule has 8 heteroatoms. The fraction of sp³-hybridized carbons (Fsp3) is 0.222. The van der Waals surface area contributed by atoms with Gasteiger partial charge in [-0.1, -0.05) is 54.1 Å². The summed E-state index contributed by atoms with van der Waals surface area (Å²) in [5, 5.41) is 6.50. The first-order chi connectivity index (χ1) is 16.9. The average Bonchev–Trinajstić information content (AvgIpc) is 3.34. The smallest absolute Gasteiger partial charge is 0.262 e. The summed E-state index contributed by atoms with van der Waals surface area (Å²) in [7, 11) is 4.75. The highest BCUT2D eigenvalue weighted by Gasteiger charge is 2.35. The number of ether oxygens (including phenoxy) is 2. The molecule has 3 aromatic rings. The van der Waals surface area contributed by atoms with Crippen molar-refractivity contribution < 1.29 is 19.1 Å². The molecule has 0 saturated carbocycles. The van der Waals surface area contributed by atoms with E-state index >= 15 is 0 Å². The van der Waals surface area contributed by atoms with Crippen LogP contribution in [-0.2, 0) is 4.79 Å². The minimum absolute atomic E-state index is 0.149. The topological polar surface area (TPSA) is 71.4 Å². The maximum absolute atomic E-state index is 13.4. The molecule has 4 rings (SSSR count). The maximum Gasteiger partial charge on any atom is 0.262 e. The quantitative estimate of drug-likeness (QED) is 0.475. The molecule has 0 spiro atoms. The van der Waals surface area contributed by atoms with Gasteiger partial charge in [0.1, 0.15) is 18.0 Å². The molecule has 0 radical (unpaired) electrons. The molecular formula is C27H26ClN3O4. The van der Waals surface area contributed by atoms with Crippen molar-refractivity contribution in [2.75, 3.05) is 27.8 Å². The number of nitrogens with zero attached hydrogens (tertiary/aromatic N) is 3. The van der Waals surface area contributed by atoms with Crippen LogP contribution in [0.4, 0.5) is 0 Å². The Labute approximate surface area is 209 Å². The van der Waals surface area contributed by atoms with Crippen LogP contribution in [0.25, 0.3) is 0 Å². The summed E-state index contributed by atoms with van der Waals surface area (Å²) in [6.07, 6.45) is 0.501. The van der Waals surface area contributed by atoms with Crippen molar-refractivity contribution in [1.82, 2.24) is 9.91 Å². The normalized spacial score (nSPS) is 14.9. The van der Waals surface area contributed by atoms with Gasteiger partial charge < -0.3 is 14.4 Å². The Balaban J connectivity index is 1.63. The molecule has 1 aliphatic rings. The third-order valence-corrected chi connectivity index (χ3v) is 6.22. The van der Waals surface area contributed by atoms with Gasteiger partial charge in [0.25, 0.3) is 11.8 Å². The Hall–Kier alpha value is -3.84. The number of hydrogen-bond donors (Lipinski definition) is 0. The fourth-order valence-corrected chi connectivity index (χ4v) is 4.28. The van der Waals surface area contributed by atoms with Crippen molar-refractivity contribution in [3.05, 3.63) is 94.5 Å². The molecule has 0 aromatic heterocycles. The van der Waals surface area contributed by atoms with E-state index in [0.717, 1.165) is 11.1 Å². The molecule has 0 N–H and O–H groups in total. The van der Waals surface area contributed by atoms with Gasteiger partial charge in [0.2, 0.25) is 0 Å². The Morgan fingerprint density at radius 2 is 1.74 bits per heavy atom. The van der Waals surface area contributed by atoms with E-state index in [1.807, 2.05) is 42.5 Å². The number of carbonyl (C=O) groups excluding carboxylic acids is 2. The lowest BCUT2D eigenvalue weighted by molar-refractivity contribution is -0.133. The molecule has 0 fully saturated rings.